The SMILES string of the molecule is O/N=C1\C2CN3CCN(C2)CC1(Cc1ccc(O)cc1)C3. The summed E-state index contributed by atoms with van der Waals surface area (Å²) >= 11 is 0. The Morgan fingerprint density at radius 2 is 1.71 bits per heavy atom. The first kappa shape index (κ1) is 13.1. The first-order chi connectivity index (χ1) is 10.2. The Labute approximate surface area is 124 Å². The number of piperidine rings is 2. The van der Waals surface area contributed by atoms with Gasteiger partial charge < -0.3 is 20.1 Å². The Balaban J connectivity index is 1.71. The van der Waals surface area contributed by atoms with Gasteiger partial charge in [-0.2, -0.15) is 0 Å². The molecule has 4 bridgehead atoms. The molecule has 1 aromatic carbocycles. The Morgan fingerprint density at radius 1 is 1.10 bits per heavy atom. The van der Waals surface area contributed by atoms with Crippen LogP contribution in [-0.2, 0) is 6.42 Å². The Kier molecular flexibility index (Phi) is 2.94. The summed E-state index contributed by atoms with van der Waals surface area (Å²) in [6.45, 7) is 6.22. The van der Waals surface area contributed by atoms with Gasteiger partial charge in [-0.1, -0.05) is 17.3 Å². The minimum atomic E-state index is -0.0800. The van der Waals surface area contributed by atoms with Crippen LogP contribution in [0.5, 0.6) is 5.75 Å². The van der Waals surface area contributed by atoms with Crippen molar-refractivity contribution in [1.82, 2.24) is 9.80 Å². The normalized spacial score (nSPS) is 39.6. The Hall–Kier alpha value is -1.59. The zero-order chi connectivity index (χ0) is 14.4. The van der Waals surface area contributed by atoms with Crippen molar-refractivity contribution in [3.63, 3.8) is 0 Å². The van der Waals surface area contributed by atoms with E-state index in [-0.39, 0.29) is 5.41 Å². The summed E-state index contributed by atoms with van der Waals surface area (Å²) < 4.78 is 0. The first-order valence-corrected chi connectivity index (χ1v) is 7.64. The summed E-state index contributed by atoms with van der Waals surface area (Å²) in [5.74, 6) is 0.655. The predicted molar refractivity (Wildman–Crippen MR) is 79.8 cm³/mol. The molecule has 2 N–H and O–H groups in total. The predicted octanol–water partition coefficient (Wildman–Crippen LogP) is 1.01. The Morgan fingerprint density at radius 3 is 2.29 bits per heavy atom. The molecule has 0 aliphatic carbocycles. The van der Waals surface area contributed by atoms with Gasteiger partial charge in [0.1, 0.15) is 5.75 Å². The second-order valence-corrected chi connectivity index (χ2v) is 6.78. The molecule has 5 nitrogen and oxygen atoms in total. The number of fused-ring (bicyclic) bond motifs is 1. The fourth-order valence-corrected chi connectivity index (χ4v) is 4.50. The van der Waals surface area contributed by atoms with Gasteiger partial charge in [0.2, 0.25) is 0 Å². The van der Waals surface area contributed by atoms with Gasteiger partial charge in [0, 0.05) is 50.6 Å². The van der Waals surface area contributed by atoms with Crippen LogP contribution in [0.2, 0.25) is 0 Å². The molecule has 21 heavy (non-hydrogen) atoms. The molecule has 0 amide bonds. The second kappa shape index (κ2) is 4.71. The van der Waals surface area contributed by atoms with Crippen molar-refractivity contribution < 1.29 is 10.3 Å². The number of aromatic hydroxyl groups is 1. The standard InChI is InChI=1S/C16H21N3O2/c20-14-3-1-12(2-4-14)7-16-10-18-5-6-19(11-16)9-13(8-18)15(16)17-21/h1-4,13,20-21H,5-11H2/b17-15+. The lowest BCUT2D eigenvalue weighted by atomic mass is 9.67. The van der Waals surface area contributed by atoms with Crippen molar-refractivity contribution in [2.75, 3.05) is 39.3 Å². The van der Waals surface area contributed by atoms with E-state index in [0.29, 0.717) is 11.7 Å². The zero-order valence-corrected chi connectivity index (χ0v) is 12.1. The Bertz CT molecular complexity index is 553. The summed E-state index contributed by atoms with van der Waals surface area (Å²) in [5.41, 5.74) is 2.10. The van der Waals surface area contributed by atoms with Crippen molar-refractivity contribution in [3.8, 4) is 5.75 Å². The molecule has 5 rings (SSSR count). The largest absolute Gasteiger partial charge is 0.508 e. The third-order valence-corrected chi connectivity index (χ3v) is 5.26. The topological polar surface area (TPSA) is 59.3 Å². The third-order valence-electron chi connectivity index (χ3n) is 5.26. The number of rotatable bonds is 2. The van der Waals surface area contributed by atoms with Gasteiger partial charge in [-0.3, -0.25) is 0 Å². The molecule has 4 aliphatic heterocycles. The highest BCUT2D eigenvalue weighted by Gasteiger charge is 2.52. The van der Waals surface area contributed by atoms with Gasteiger partial charge in [0.25, 0.3) is 0 Å². The van der Waals surface area contributed by atoms with E-state index in [4.69, 9.17) is 0 Å². The van der Waals surface area contributed by atoms with Crippen LogP contribution in [0.15, 0.2) is 29.4 Å². The maximum Gasteiger partial charge on any atom is 0.115 e. The van der Waals surface area contributed by atoms with Crippen LogP contribution in [0.4, 0.5) is 0 Å². The van der Waals surface area contributed by atoms with Gasteiger partial charge in [-0.25, -0.2) is 0 Å². The zero-order valence-electron chi connectivity index (χ0n) is 12.1. The van der Waals surface area contributed by atoms with E-state index in [0.717, 1.165) is 51.4 Å². The van der Waals surface area contributed by atoms with E-state index in [9.17, 15) is 10.3 Å². The fraction of sp³-hybridized carbons (Fsp3) is 0.562. The van der Waals surface area contributed by atoms with Gasteiger partial charge in [0.05, 0.1) is 5.71 Å². The van der Waals surface area contributed by atoms with Gasteiger partial charge in [-0.15, -0.1) is 0 Å². The van der Waals surface area contributed by atoms with E-state index in [1.165, 1.54) is 5.56 Å². The lowest BCUT2D eigenvalue weighted by Gasteiger charge is -2.50. The lowest BCUT2D eigenvalue weighted by molar-refractivity contribution is 0.110. The van der Waals surface area contributed by atoms with E-state index in [1.54, 1.807) is 12.1 Å². The second-order valence-electron chi connectivity index (χ2n) is 6.78. The molecule has 5 heteroatoms. The van der Waals surface area contributed by atoms with Gasteiger partial charge >= 0.3 is 0 Å². The summed E-state index contributed by atoms with van der Waals surface area (Å²) in [6, 6.07) is 7.42. The van der Waals surface area contributed by atoms with Crippen LogP contribution >= 0.6 is 0 Å². The molecule has 4 saturated heterocycles. The molecule has 0 saturated carbocycles. The maximum absolute atomic E-state index is 9.59. The van der Waals surface area contributed by atoms with Crippen molar-refractivity contribution in [3.05, 3.63) is 29.8 Å². The average Bonchev–Trinajstić information content (AvgIpc) is 2.69. The first-order valence-electron chi connectivity index (χ1n) is 7.64. The molecule has 0 spiro atoms. The number of phenolic OH excluding ortho intramolecular Hbond substituents is 1. The van der Waals surface area contributed by atoms with Crippen molar-refractivity contribution in [2.24, 2.45) is 16.5 Å². The van der Waals surface area contributed by atoms with Crippen LogP contribution in [0.3, 0.4) is 0 Å². The monoisotopic (exact) mass is 287 g/mol. The highest BCUT2D eigenvalue weighted by atomic mass is 16.4. The molecule has 112 valence electrons. The number of hydrogen-bond acceptors (Lipinski definition) is 5. The molecule has 1 aromatic rings. The molecule has 0 aromatic heterocycles. The van der Waals surface area contributed by atoms with Gasteiger partial charge in [-0.05, 0) is 24.1 Å². The molecule has 2 unspecified atom stereocenters. The number of phenols is 1. The van der Waals surface area contributed by atoms with Crippen LogP contribution in [0.1, 0.15) is 5.56 Å². The van der Waals surface area contributed by atoms with Crippen molar-refractivity contribution in [1.29, 1.82) is 0 Å². The molecular weight excluding hydrogens is 266 g/mol. The average molecular weight is 287 g/mol. The summed E-state index contributed by atoms with van der Waals surface area (Å²) in [7, 11) is 0. The molecule has 4 fully saturated rings. The van der Waals surface area contributed by atoms with E-state index in [1.807, 2.05) is 12.1 Å². The number of hydrogen-bond donors (Lipinski definition) is 2. The van der Waals surface area contributed by atoms with Crippen LogP contribution < -0.4 is 0 Å². The van der Waals surface area contributed by atoms with Crippen molar-refractivity contribution in [2.45, 2.75) is 6.42 Å². The highest BCUT2D eigenvalue weighted by molar-refractivity contribution is 5.94. The summed E-state index contributed by atoms with van der Waals surface area (Å²) in [6.07, 6.45) is 0.871. The molecule has 4 aliphatic rings. The smallest absolute Gasteiger partial charge is 0.115 e. The van der Waals surface area contributed by atoms with E-state index < -0.39 is 0 Å². The van der Waals surface area contributed by atoms with Crippen LogP contribution in [0.25, 0.3) is 0 Å². The number of benzene rings is 1. The fourth-order valence-electron chi connectivity index (χ4n) is 4.50. The summed E-state index contributed by atoms with van der Waals surface area (Å²) in [4.78, 5) is 5.04. The van der Waals surface area contributed by atoms with E-state index in [2.05, 4.69) is 15.0 Å². The third kappa shape index (κ3) is 2.12. The lowest BCUT2D eigenvalue weighted by Crippen LogP contribution is -2.62. The minimum Gasteiger partial charge on any atom is -0.508 e. The van der Waals surface area contributed by atoms with Crippen LogP contribution in [-0.4, -0.2) is 65.1 Å². The molecular formula is C16H21N3O2. The van der Waals surface area contributed by atoms with Gasteiger partial charge in [0.15, 0.2) is 0 Å². The minimum absolute atomic E-state index is 0.0800. The summed E-state index contributed by atoms with van der Waals surface area (Å²) in [5, 5.41) is 22.8. The number of oxime groups is 1. The van der Waals surface area contributed by atoms with Crippen LogP contribution in [0, 0.1) is 11.3 Å². The maximum atomic E-state index is 9.59. The molecule has 0 radical (unpaired) electrons. The van der Waals surface area contributed by atoms with E-state index >= 15 is 0 Å². The van der Waals surface area contributed by atoms with Crippen molar-refractivity contribution >= 4 is 5.71 Å². The quantitative estimate of drug-likeness (QED) is 0.630. The highest BCUT2D eigenvalue weighted by Crippen LogP contribution is 2.41. The number of nitrogens with zero attached hydrogens (tertiary/aromatic N) is 3. The molecule has 2 atom stereocenters. The molecule has 4 heterocycles.